The van der Waals surface area contributed by atoms with Gasteiger partial charge in [-0.2, -0.15) is 0 Å². The highest BCUT2D eigenvalue weighted by molar-refractivity contribution is 5.25. The average molecular weight is 234 g/mol. The largest absolute Gasteiger partial charge is 0.503 e. The first-order valence-electron chi connectivity index (χ1n) is 5.57. The minimum atomic E-state index is -0.330. The molecule has 0 radical (unpaired) electrons. The Labute approximate surface area is 101 Å². The molecule has 92 valence electrons. The molecule has 0 unspecified atom stereocenters. The summed E-state index contributed by atoms with van der Waals surface area (Å²) in [5, 5.41) is 9.51. The molecule has 0 fully saturated rings. The fourth-order valence-electron chi connectivity index (χ4n) is 1.65. The summed E-state index contributed by atoms with van der Waals surface area (Å²) in [6, 6.07) is 1.38. The normalized spacial score (nSPS) is 10.5. The van der Waals surface area contributed by atoms with E-state index in [2.05, 4.69) is 10.8 Å². The van der Waals surface area contributed by atoms with Gasteiger partial charge in [0, 0.05) is 25.4 Å². The number of terminal acetylenes is 1. The summed E-state index contributed by atoms with van der Waals surface area (Å²) in [5.74, 6) is 2.42. The van der Waals surface area contributed by atoms with Crippen LogP contribution in [0.1, 0.15) is 12.1 Å². The lowest BCUT2D eigenvalue weighted by Crippen LogP contribution is -2.21. The molecule has 17 heavy (non-hydrogen) atoms. The molecule has 4 heteroatoms. The Kier molecular flexibility index (Phi) is 4.80. The quantitative estimate of drug-likeness (QED) is 0.767. The van der Waals surface area contributed by atoms with Crippen LogP contribution in [-0.4, -0.2) is 34.7 Å². The monoisotopic (exact) mass is 234 g/mol. The molecule has 0 spiro atoms. The van der Waals surface area contributed by atoms with E-state index in [1.54, 1.807) is 13.1 Å². The SMILES string of the molecule is C#CCN(C)CCCn1ccc(=O)c(O)c1C. The lowest BCUT2D eigenvalue weighted by atomic mass is 10.3. The van der Waals surface area contributed by atoms with Crippen molar-refractivity contribution in [2.24, 2.45) is 0 Å². The van der Waals surface area contributed by atoms with Gasteiger partial charge in [0.2, 0.25) is 5.43 Å². The van der Waals surface area contributed by atoms with E-state index in [0.717, 1.165) is 19.5 Å². The molecular weight excluding hydrogens is 216 g/mol. The van der Waals surface area contributed by atoms with Crippen LogP contribution in [-0.2, 0) is 6.54 Å². The molecule has 1 heterocycles. The van der Waals surface area contributed by atoms with Crippen molar-refractivity contribution < 1.29 is 5.11 Å². The zero-order valence-corrected chi connectivity index (χ0v) is 10.3. The van der Waals surface area contributed by atoms with Crippen LogP contribution in [0, 0.1) is 19.3 Å². The highest BCUT2D eigenvalue weighted by atomic mass is 16.3. The van der Waals surface area contributed by atoms with E-state index in [4.69, 9.17) is 6.42 Å². The van der Waals surface area contributed by atoms with Crippen molar-refractivity contribution in [1.29, 1.82) is 0 Å². The van der Waals surface area contributed by atoms with Crippen molar-refractivity contribution in [2.45, 2.75) is 19.9 Å². The highest BCUT2D eigenvalue weighted by Gasteiger charge is 2.04. The zero-order chi connectivity index (χ0) is 12.8. The Morgan fingerprint density at radius 3 is 2.94 bits per heavy atom. The Balaban J connectivity index is 2.56. The number of aromatic nitrogens is 1. The summed E-state index contributed by atoms with van der Waals surface area (Å²) < 4.78 is 1.88. The van der Waals surface area contributed by atoms with Gasteiger partial charge in [-0.15, -0.1) is 6.42 Å². The van der Waals surface area contributed by atoms with E-state index in [0.29, 0.717) is 12.2 Å². The van der Waals surface area contributed by atoms with Crippen LogP contribution < -0.4 is 5.43 Å². The molecule has 0 saturated heterocycles. The fraction of sp³-hybridized carbons (Fsp3) is 0.462. The summed E-state index contributed by atoms with van der Waals surface area (Å²) >= 11 is 0. The summed E-state index contributed by atoms with van der Waals surface area (Å²) in [7, 11) is 1.97. The van der Waals surface area contributed by atoms with E-state index in [1.807, 2.05) is 11.6 Å². The maximum atomic E-state index is 11.2. The van der Waals surface area contributed by atoms with Crippen LogP contribution in [0.5, 0.6) is 5.75 Å². The molecule has 0 aliphatic heterocycles. The lowest BCUT2D eigenvalue weighted by molar-refractivity contribution is 0.356. The molecule has 0 aliphatic rings. The van der Waals surface area contributed by atoms with Crippen LogP contribution in [0.25, 0.3) is 0 Å². The topological polar surface area (TPSA) is 45.5 Å². The van der Waals surface area contributed by atoms with Crippen molar-refractivity contribution in [3.05, 3.63) is 28.2 Å². The van der Waals surface area contributed by atoms with Gasteiger partial charge >= 0.3 is 0 Å². The molecule has 0 aromatic carbocycles. The predicted molar refractivity (Wildman–Crippen MR) is 68.1 cm³/mol. The first kappa shape index (κ1) is 13.3. The van der Waals surface area contributed by atoms with Crippen LogP contribution in [0.2, 0.25) is 0 Å². The minimum Gasteiger partial charge on any atom is -0.503 e. The van der Waals surface area contributed by atoms with Crippen molar-refractivity contribution >= 4 is 0 Å². The van der Waals surface area contributed by atoms with Gasteiger partial charge in [-0.25, -0.2) is 0 Å². The number of pyridine rings is 1. The number of hydrogen-bond donors (Lipinski definition) is 1. The summed E-state index contributed by atoms with van der Waals surface area (Å²) in [6.45, 7) is 4.02. The van der Waals surface area contributed by atoms with Gasteiger partial charge in [0.05, 0.1) is 12.2 Å². The van der Waals surface area contributed by atoms with Gasteiger partial charge in [-0.05, 0) is 20.4 Å². The first-order chi connectivity index (χ1) is 8.06. The summed E-state index contributed by atoms with van der Waals surface area (Å²) in [5.41, 5.74) is 0.278. The van der Waals surface area contributed by atoms with E-state index >= 15 is 0 Å². The predicted octanol–water partition coefficient (Wildman–Crippen LogP) is 0.817. The van der Waals surface area contributed by atoms with Gasteiger partial charge < -0.3 is 9.67 Å². The maximum Gasteiger partial charge on any atom is 0.223 e. The molecule has 1 N–H and O–H groups in total. The number of aromatic hydroxyl groups is 1. The third-order valence-electron chi connectivity index (χ3n) is 2.71. The highest BCUT2D eigenvalue weighted by Crippen LogP contribution is 2.09. The molecule has 0 atom stereocenters. The molecule has 0 amide bonds. The van der Waals surface area contributed by atoms with Crippen LogP contribution in [0.15, 0.2) is 17.1 Å². The lowest BCUT2D eigenvalue weighted by Gasteiger charge is -2.15. The Morgan fingerprint density at radius 2 is 2.29 bits per heavy atom. The standard InChI is InChI=1S/C13H18N2O2/c1-4-7-14(3)8-5-9-15-10-6-12(16)13(17)11(15)2/h1,6,10,17H,5,7-9H2,2-3H3. The maximum absolute atomic E-state index is 11.2. The molecule has 0 aliphatic carbocycles. The molecule has 4 nitrogen and oxygen atoms in total. The number of hydrogen-bond acceptors (Lipinski definition) is 3. The molecule has 1 aromatic heterocycles. The first-order valence-corrected chi connectivity index (χ1v) is 5.57. The van der Waals surface area contributed by atoms with Crippen LogP contribution in [0.3, 0.4) is 0 Å². The van der Waals surface area contributed by atoms with Gasteiger partial charge in [0.15, 0.2) is 5.75 Å². The van der Waals surface area contributed by atoms with Crippen LogP contribution in [0.4, 0.5) is 0 Å². The number of rotatable bonds is 5. The van der Waals surface area contributed by atoms with Crippen molar-refractivity contribution in [2.75, 3.05) is 20.1 Å². The van der Waals surface area contributed by atoms with E-state index in [1.165, 1.54) is 6.07 Å². The van der Waals surface area contributed by atoms with E-state index in [9.17, 15) is 9.90 Å². The second kappa shape index (κ2) is 6.12. The Morgan fingerprint density at radius 1 is 1.59 bits per heavy atom. The molecule has 0 bridgehead atoms. The van der Waals surface area contributed by atoms with Crippen LogP contribution >= 0.6 is 0 Å². The van der Waals surface area contributed by atoms with E-state index in [-0.39, 0.29) is 11.2 Å². The van der Waals surface area contributed by atoms with Crippen molar-refractivity contribution in [3.63, 3.8) is 0 Å². The Bertz CT molecular complexity index is 471. The second-order valence-electron chi connectivity index (χ2n) is 4.10. The smallest absolute Gasteiger partial charge is 0.223 e. The van der Waals surface area contributed by atoms with Gasteiger partial charge in [-0.3, -0.25) is 9.69 Å². The van der Waals surface area contributed by atoms with Crippen molar-refractivity contribution in [1.82, 2.24) is 9.47 Å². The summed E-state index contributed by atoms with van der Waals surface area (Å²) in [6.07, 6.45) is 7.83. The van der Waals surface area contributed by atoms with E-state index < -0.39 is 0 Å². The van der Waals surface area contributed by atoms with Gasteiger partial charge in [0.25, 0.3) is 0 Å². The molecule has 1 rings (SSSR count). The van der Waals surface area contributed by atoms with Gasteiger partial charge in [-0.1, -0.05) is 5.92 Å². The number of aryl methyl sites for hydroxylation is 1. The third kappa shape index (κ3) is 3.65. The fourth-order valence-corrected chi connectivity index (χ4v) is 1.65. The second-order valence-corrected chi connectivity index (χ2v) is 4.10. The Hall–Kier alpha value is -1.73. The van der Waals surface area contributed by atoms with Crippen molar-refractivity contribution in [3.8, 4) is 18.1 Å². The minimum absolute atomic E-state index is 0.163. The zero-order valence-electron chi connectivity index (χ0n) is 10.3. The number of nitrogens with zero attached hydrogens (tertiary/aromatic N) is 2. The molecule has 0 saturated carbocycles. The third-order valence-corrected chi connectivity index (χ3v) is 2.71. The average Bonchev–Trinajstić information content (AvgIpc) is 2.29. The molecule has 1 aromatic rings. The summed E-state index contributed by atoms with van der Waals surface area (Å²) in [4.78, 5) is 13.2. The molecular formula is C13H18N2O2. The van der Waals surface area contributed by atoms with Gasteiger partial charge in [0.1, 0.15) is 0 Å².